The lowest BCUT2D eigenvalue weighted by Gasteiger charge is -2.38. The van der Waals surface area contributed by atoms with Crippen LogP contribution in [-0.4, -0.2) is 40.0 Å². The van der Waals surface area contributed by atoms with E-state index in [1.807, 2.05) is 36.7 Å². The van der Waals surface area contributed by atoms with Gasteiger partial charge in [0.2, 0.25) is 0 Å². The minimum Gasteiger partial charge on any atom is -0.495 e. The Bertz CT molecular complexity index is 1350. The number of methoxy groups -OCH3 is 1. The number of fused-ring (bicyclic) bond motifs is 4. The molecule has 1 spiro atoms. The molecule has 2 atom stereocenters. The third kappa shape index (κ3) is 3.01. The van der Waals surface area contributed by atoms with E-state index in [1.165, 1.54) is 12.1 Å². The number of aryl methyl sites for hydroxylation is 1. The largest absolute Gasteiger partial charge is 0.495 e. The Morgan fingerprint density at radius 2 is 2.12 bits per heavy atom. The number of rotatable bonds is 3. The highest BCUT2D eigenvalue weighted by Crippen LogP contribution is 2.51. The lowest BCUT2D eigenvalue weighted by atomic mass is 9.92. The van der Waals surface area contributed by atoms with Crippen LogP contribution in [0.4, 0.5) is 4.39 Å². The van der Waals surface area contributed by atoms with Gasteiger partial charge in [0.25, 0.3) is 5.72 Å². The van der Waals surface area contributed by atoms with E-state index in [-0.39, 0.29) is 11.9 Å². The van der Waals surface area contributed by atoms with Crippen molar-refractivity contribution in [1.82, 2.24) is 14.5 Å². The second-order valence-electron chi connectivity index (χ2n) is 8.88. The maximum Gasteiger partial charge on any atom is 0.277 e. The van der Waals surface area contributed by atoms with E-state index in [9.17, 15) is 4.39 Å². The van der Waals surface area contributed by atoms with Gasteiger partial charge in [-0.2, -0.15) is 0 Å². The number of oxime groups is 1. The zero-order chi connectivity index (χ0) is 23.4. The van der Waals surface area contributed by atoms with Gasteiger partial charge in [-0.1, -0.05) is 11.2 Å². The lowest BCUT2D eigenvalue weighted by Crippen LogP contribution is -2.53. The predicted octanol–water partition coefficient (Wildman–Crippen LogP) is 4.79. The lowest BCUT2D eigenvalue weighted by molar-refractivity contribution is -0.146. The fraction of sp³-hybridized carbons (Fsp3) is 0.308. The minimum absolute atomic E-state index is 0.319. The minimum atomic E-state index is -0.951. The van der Waals surface area contributed by atoms with Crippen LogP contribution in [0.15, 0.2) is 59.7 Å². The SMILES string of the molecule is COc1cc(/C=C2\CCCN3C2=NOC32c3cc(F)ccc3OC2C)ccc1-n1cnc(C)c1. The smallest absolute Gasteiger partial charge is 0.277 e. The van der Waals surface area contributed by atoms with E-state index in [1.54, 1.807) is 19.5 Å². The summed E-state index contributed by atoms with van der Waals surface area (Å²) in [5.74, 6) is 1.84. The molecule has 0 N–H and O–H groups in total. The maximum absolute atomic E-state index is 14.1. The van der Waals surface area contributed by atoms with Crippen molar-refractivity contribution in [3.05, 3.63) is 77.1 Å². The summed E-state index contributed by atoms with van der Waals surface area (Å²) in [7, 11) is 1.67. The topological polar surface area (TPSA) is 61.1 Å². The molecule has 2 unspecified atom stereocenters. The monoisotopic (exact) mass is 460 g/mol. The number of piperidine rings is 1. The highest BCUT2D eigenvalue weighted by atomic mass is 19.1. The van der Waals surface area contributed by atoms with Gasteiger partial charge in [-0.25, -0.2) is 9.37 Å². The first kappa shape index (κ1) is 20.8. The molecule has 3 aliphatic heterocycles. The molecule has 3 aliphatic rings. The number of hydrogen-bond acceptors (Lipinski definition) is 6. The van der Waals surface area contributed by atoms with Crippen LogP contribution in [0.3, 0.4) is 0 Å². The summed E-state index contributed by atoms with van der Waals surface area (Å²) >= 11 is 0. The zero-order valence-electron chi connectivity index (χ0n) is 19.3. The number of imidazole rings is 1. The molecule has 3 aromatic rings. The number of ether oxygens (including phenoxy) is 2. The summed E-state index contributed by atoms with van der Waals surface area (Å²) in [4.78, 5) is 12.5. The van der Waals surface area contributed by atoms with Crippen LogP contribution in [0, 0.1) is 12.7 Å². The number of aromatic nitrogens is 2. The Kier molecular flexibility index (Phi) is 4.65. The molecular formula is C26H25FN4O3. The second kappa shape index (κ2) is 7.62. The molecule has 0 saturated carbocycles. The van der Waals surface area contributed by atoms with Gasteiger partial charge >= 0.3 is 0 Å². The van der Waals surface area contributed by atoms with E-state index >= 15 is 0 Å². The van der Waals surface area contributed by atoms with Crippen molar-refractivity contribution in [1.29, 1.82) is 0 Å². The summed E-state index contributed by atoms with van der Waals surface area (Å²) in [5, 5.41) is 4.49. The predicted molar refractivity (Wildman–Crippen MR) is 125 cm³/mol. The van der Waals surface area contributed by atoms with E-state index < -0.39 is 5.72 Å². The quantitative estimate of drug-likeness (QED) is 0.563. The van der Waals surface area contributed by atoms with Crippen molar-refractivity contribution >= 4 is 11.9 Å². The number of halogens is 1. The molecule has 0 bridgehead atoms. The molecule has 7 nitrogen and oxygen atoms in total. The van der Waals surface area contributed by atoms with Gasteiger partial charge < -0.3 is 23.8 Å². The summed E-state index contributed by atoms with van der Waals surface area (Å²) in [6.45, 7) is 4.65. The molecule has 4 heterocycles. The van der Waals surface area contributed by atoms with E-state index in [0.717, 1.165) is 53.5 Å². The van der Waals surface area contributed by atoms with Crippen molar-refractivity contribution in [3.8, 4) is 17.2 Å². The van der Waals surface area contributed by atoms with Crippen LogP contribution in [0.1, 0.15) is 36.6 Å². The number of benzene rings is 2. The van der Waals surface area contributed by atoms with Gasteiger partial charge in [-0.3, -0.25) is 0 Å². The van der Waals surface area contributed by atoms with E-state index in [4.69, 9.17) is 14.3 Å². The fourth-order valence-corrected chi connectivity index (χ4v) is 5.16. The summed E-state index contributed by atoms with van der Waals surface area (Å²) in [6.07, 6.45) is 7.32. The van der Waals surface area contributed by atoms with Gasteiger partial charge in [0.15, 0.2) is 11.9 Å². The summed E-state index contributed by atoms with van der Waals surface area (Å²) < 4.78 is 27.8. The molecule has 1 saturated heterocycles. The standard InChI is InChI=1S/C26H25FN4O3/c1-16-14-30(15-28-16)22-8-6-18(12-24(22)32-3)11-19-5-4-10-31-25(19)29-34-26(31)17(2)33-23-9-7-20(27)13-21(23)26/h6-9,11-15,17H,4-5,10H2,1-3H3/b19-11+. The Morgan fingerprint density at radius 3 is 2.91 bits per heavy atom. The first-order valence-electron chi connectivity index (χ1n) is 11.4. The molecular weight excluding hydrogens is 435 g/mol. The molecule has 6 rings (SSSR count). The normalized spacial score (nSPS) is 24.0. The highest BCUT2D eigenvalue weighted by Gasteiger charge is 2.59. The van der Waals surface area contributed by atoms with Crippen molar-refractivity contribution < 1.29 is 18.7 Å². The molecule has 0 aliphatic carbocycles. The maximum atomic E-state index is 14.1. The second-order valence-corrected chi connectivity index (χ2v) is 8.88. The van der Waals surface area contributed by atoms with Crippen LogP contribution >= 0.6 is 0 Å². The third-order valence-electron chi connectivity index (χ3n) is 6.76. The van der Waals surface area contributed by atoms with Gasteiger partial charge in [-0.15, -0.1) is 0 Å². The summed E-state index contributed by atoms with van der Waals surface area (Å²) in [5.41, 5.74) is 3.66. The van der Waals surface area contributed by atoms with Crippen LogP contribution < -0.4 is 9.47 Å². The highest BCUT2D eigenvalue weighted by molar-refractivity contribution is 6.03. The first-order chi connectivity index (χ1) is 16.5. The van der Waals surface area contributed by atoms with Gasteiger partial charge in [0.1, 0.15) is 17.3 Å². The summed E-state index contributed by atoms with van der Waals surface area (Å²) in [6, 6.07) is 10.6. The van der Waals surface area contributed by atoms with Crippen LogP contribution in [0.5, 0.6) is 11.5 Å². The average Bonchev–Trinajstić information content (AvgIpc) is 3.52. The number of nitrogens with zero attached hydrogens (tertiary/aromatic N) is 4. The van der Waals surface area contributed by atoms with E-state index in [2.05, 4.69) is 27.2 Å². The molecule has 174 valence electrons. The Labute approximate surface area is 197 Å². The van der Waals surface area contributed by atoms with Crippen molar-refractivity contribution in [2.24, 2.45) is 5.16 Å². The van der Waals surface area contributed by atoms with Crippen molar-refractivity contribution in [3.63, 3.8) is 0 Å². The molecule has 1 aromatic heterocycles. The average molecular weight is 461 g/mol. The van der Waals surface area contributed by atoms with Gasteiger partial charge in [-0.05, 0) is 74.2 Å². The fourth-order valence-electron chi connectivity index (χ4n) is 5.16. The molecule has 0 radical (unpaired) electrons. The van der Waals surface area contributed by atoms with Gasteiger partial charge in [0.05, 0.1) is 30.4 Å². The Hall–Kier alpha value is -3.81. The molecule has 0 amide bonds. The molecule has 2 aromatic carbocycles. The van der Waals surface area contributed by atoms with Crippen molar-refractivity contribution in [2.75, 3.05) is 13.7 Å². The Balaban J connectivity index is 1.35. The molecule has 1 fully saturated rings. The van der Waals surface area contributed by atoms with Crippen LogP contribution in [-0.2, 0) is 10.6 Å². The molecule has 8 heteroatoms. The van der Waals surface area contributed by atoms with Crippen molar-refractivity contribution in [2.45, 2.75) is 38.5 Å². The number of amidine groups is 1. The number of hydrogen-bond donors (Lipinski definition) is 0. The Morgan fingerprint density at radius 1 is 1.24 bits per heavy atom. The first-order valence-corrected chi connectivity index (χ1v) is 11.4. The molecule has 34 heavy (non-hydrogen) atoms. The van der Waals surface area contributed by atoms with Crippen LogP contribution in [0.25, 0.3) is 11.8 Å². The zero-order valence-corrected chi connectivity index (χ0v) is 19.3. The van der Waals surface area contributed by atoms with E-state index in [0.29, 0.717) is 11.3 Å². The third-order valence-corrected chi connectivity index (χ3v) is 6.76. The van der Waals surface area contributed by atoms with Gasteiger partial charge in [0, 0.05) is 12.7 Å². The van der Waals surface area contributed by atoms with Crippen LogP contribution in [0.2, 0.25) is 0 Å².